The number of fused-ring (bicyclic) bond motifs is 1. The van der Waals surface area contributed by atoms with E-state index in [0.717, 1.165) is 29.6 Å². The molecule has 0 bridgehead atoms. The summed E-state index contributed by atoms with van der Waals surface area (Å²) in [6, 6.07) is 10.0. The number of nitrogens with one attached hydrogen (secondary N) is 1. The van der Waals surface area contributed by atoms with Gasteiger partial charge < -0.3 is 10.2 Å². The number of carbonyl (C=O) groups is 1. The normalized spacial score (nSPS) is 16.2. The maximum absolute atomic E-state index is 11.8. The summed E-state index contributed by atoms with van der Waals surface area (Å²) in [5, 5.41) is 4.21. The molecular formula is C14H15N3O. The molecule has 92 valence electrons. The Morgan fingerprint density at radius 2 is 2.17 bits per heavy atom. The number of aromatic nitrogens is 1. The molecule has 0 saturated carbocycles. The van der Waals surface area contributed by atoms with Crippen LogP contribution in [0.15, 0.2) is 36.5 Å². The Bertz CT molecular complexity index is 577. The molecule has 1 N–H and O–H groups in total. The van der Waals surface area contributed by atoms with Crippen molar-refractivity contribution in [3.8, 4) is 0 Å². The Kier molecular flexibility index (Phi) is 2.94. The summed E-state index contributed by atoms with van der Waals surface area (Å²) in [4.78, 5) is 18.0. The fourth-order valence-corrected chi connectivity index (χ4v) is 2.31. The molecule has 0 aliphatic carbocycles. The first-order valence-corrected chi connectivity index (χ1v) is 6.16. The van der Waals surface area contributed by atoms with Gasteiger partial charge in [-0.15, -0.1) is 0 Å². The minimum Gasteiger partial charge on any atom is -0.336 e. The van der Waals surface area contributed by atoms with Gasteiger partial charge >= 0.3 is 0 Å². The van der Waals surface area contributed by atoms with E-state index in [1.54, 1.807) is 0 Å². The number of hydrogen-bond donors (Lipinski definition) is 1. The Morgan fingerprint density at radius 3 is 3.06 bits per heavy atom. The van der Waals surface area contributed by atoms with Crippen LogP contribution in [0.25, 0.3) is 10.9 Å². The van der Waals surface area contributed by atoms with Crippen LogP contribution in [0.2, 0.25) is 0 Å². The van der Waals surface area contributed by atoms with Crippen molar-refractivity contribution in [3.63, 3.8) is 0 Å². The summed E-state index contributed by atoms with van der Waals surface area (Å²) in [6.07, 6.45) is 1.81. The third-order valence-corrected chi connectivity index (χ3v) is 3.29. The lowest BCUT2D eigenvalue weighted by Gasteiger charge is -2.27. The van der Waals surface area contributed by atoms with Crippen LogP contribution in [0.1, 0.15) is 5.56 Å². The average Bonchev–Trinajstić information content (AvgIpc) is 2.42. The maximum Gasteiger partial charge on any atom is 0.236 e. The van der Waals surface area contributed by atoms with Crippen LogP contribution in [0.3, 0.4) is 0 Å². The summed E-state index contributed by atoms with van der Waals surface area (Å²) >= 11 is 0. The monoisotopic (exact) mass is 241 g/mol. The van der Waals surface area contributed by atoms with E-state index in [1.807, 2.05) is 35.4 Å². The van der Waals surface area contributed by atoms with Crippen LogP contribution >= 0.6 is 0 Å². The van der Waals surface area contributed by atoms with E-state index in [-0.39, 0.29) is 5.91 Å². The molecule has 0 atom stereocenters. The summed E-state index contributed by atoms with van der Waals surface area (Å²) in [5.41, 5.74) is 2.15. The zero-order valence-corrected chi connectivity index (χ0v) is 10.1. The van der Waals surface area contributed by atoms with E-state index in [4.69, 9.17) is 0 Å². The van der Waals surface area contributed by atoms with Crippen molar-refractivity contribution < 1.29 is 4.79 Å². The minimum absolute atomic E-state index is 0.169. The number of amides is 1. The molecule has 1 fully saturated rings. The van der Waals surface area contributed by atoms with E-state index in [9.17, 15) is 4.79 Å². The minimum atomic E-state index is 0.169. The molecule has 1 aromatic heterocycles. The van der Waals surface area contributed by atoms with Gasteiger partial charge in [-0.1, -0.05) is 18.2 Å². The highest BCUT2D eigenvalue weighted by atomic mass is 16.2. The number of pyridine rings is 1. The second kappa shape index (κ2) is 4.74. The predicted octanol–water partition coefficient (Wildman–Crippen LogP) is 1.17. The number of para-hydroxylation sites is 1. The van der Waals surface area contributed by atoms with Crippen LogP contribution in [-0.2, 0) is 11.3 Å². The van der Waals surface area contributed by atoms with Crippen molar-refractivity contribution in [1.82, 2.24) is 15.2 Å². The fourth-order valence-electron chi connectivity index (χ4n) is 2.31. The molecule has 3 rings (SSSR count). The zero-order valence-electron chi connectivity index (χ0n) is 10.1. The number of rotatable bonds is 2. The van der Waals surface area contributed by atoms with Gasteiger partial charge in [-0.3, -0.25) is 9.78 Å². The van der Waals surface area contributed by atoms with Crippen LogP contribution in [0.4, 0.5) is 0 Å². The third-order valence-electron chi connectivity index (χ3n) is 3.29. The molecule has 1 aliphatic heterocycles. The molecule has 1 amide bonds. The third kappa shape index (κ3) is 2.07. The summed E-state index contributed by atoms with van der Waals surface area (Å²) in [5.74, 6) is 0.169. The van der Waals surface area contributed by atoms with Crippen molar-refractivity contribution >= 4 is 16.8 Å². The second-order valence-electron chi connectivity index (χ2n) is 4.48. The van der Waals surface area contributed by atoms with Gasteiger partial charge in [0.05, 0.1) is 12.1 Å². The quantitative estimate of drug-likeness (QED) is 0.858. The number of carbonyl (C=O) groups excluding carboxylic acids is 1. The molecule has 0 radical (unpaired) electrons. The van der Waals surface area contributed by atoms with E-state index < -0.39 is 0 Å². The second-order valence-corrected chi connectivity index (χ2v) is 4.48. The lowest BCUT2D eigenvalue weighted by molar-refractivity contribution is -0.132. The molecule has 2 heterocycles. The molecule has 4 nitrogen and oxygen atoms in total. The molecule has 1 saturated heterocycles. The predicted molar refractivity (Wildman–Crippen MR) is 70.0 cm³/mol. The summed E-state index contributed by atoms with van der Waals surface area (Å²) < 4.78 is 0. The van der Waals surface area contributed by atoms with Gasteiger partial charge in [-0.25, -0.2) is 0 Å². The van der Waals surface area contributed by atoms with Crippen LogP contribution in [0, 0.1) is 0 Å². The highest BCUT2D eigenvalue weighted by molar-refractivity contribution is 5.83. The number of nitrogens with zero attached hydrogens (tertiary/aromatic N) is 2. The summed E-state index contributed by atoms with van der Waals surface area (Å²) in [7, 11) is 0. The van der Waals surface area contributed by atoms with Gasteiger partial charge in [0.1, 0.15) is 0 Å². The van der Waals surface area contributed by atoms with E-state index in [1.165, 1.54) is 0 Å². The summed E-state index contributed by atoms with van der Waals surface area (Å²) in [6.45, 7) is 2.76. The molecule has 0 spiro atoms. The largest absolute Gasteiger partial charge is 0.336 e. The van der Waals surface area contributed by atoms with Gasteiger partial charge in [0, 0.05) is 31.2 Å². The Hall–Kier alpha value is -1.94. The fraction of sp³-hybridized carbons (Fsp3) is 0.286. The van der Waals surface area contributed by atoms with Crippen LogP contribution in [0.5, 0.6) is 0 Å². The van der Waals surface area contributed by atoms with Crippen LogP contribution < -0.4 is 5.32 Å². The Labute approximate surface area is 106 Å². The molecular weight excluding hydrogens is 226 g/mol. The van der Waals surface area contributed by atoms with Crippen molar-refractivity contribution in [3.05, 3.63) is 42.1 Å². The highest BCUT2D eigenvalue weighted by Crippen LogP contribution is 2.18. The number of piperazine rings is 1. The van der Waals surface area contributed by atoms with Crippen molar-refractivity contribution in [2.45, 2.75) is 6.54 Å². The molecule has 1 aliphatic rings. The van der Waals surface area contributed by atoms with E-state index >= 15 is 0 Å². The average molecular weight is 241 g/mol. The van der Waals surface area contributed by atoms with E-state index in [0.29, 0.717) is 13.1 Å². The van der Waals surface area contributed by atoms with Crippen molar-refractivity contribution in [1.29, 1.82) is 0 Å². The number of benzene rings is 1. The van der Waals surface area contributed by atoms with Gasteiger partial charge in [-0.05, 0) is 17.7 Å². The zero-order chi connectivity index (χ0) is 12.4. The molecule has 0 unspecified atom stereocenters. The van der Waals surface area contributed by atoms with E-state index in [2.05, 4.69) is 16.4 Å². The highest BCUT2D eigenvalue weighted by Gasteiger charge is 2.18. The maximum atomic E-state index is 11.8. The smallest absolute Gasteiger partial charge is 0.236 e. The topological polar surface area (TPSA) is 45.2 Å². The Morgan fingerprint density at radius 1 is 1.28 bits per heavy atom. The van der Waals surface area contributed by atoms with Gasteiger partial charge in [-0.2, -0.15) is 0 Å². The molecule has 2 aromatic rings. The standard InChI is InChI=1S/C14H15N3O/c18-14-9-15-7-8-17(14)10-11-5-6-16-13-4-2-1-3-12(11)13/h1-6,15H,7-10H2. The first-order valence-electron chi connectivity index (χ1n) is 6.16. The lowest BCUT2D eigenvalue weighted by Crippen LogP contribution is -2.47. The van der Waals surface area contributed by atoms with Crippen molar-refractivity contribution in [2.24, 2.45) is 0 Å². The van der Waals surface area contributed by atoms with Crippen LogP contribution in [-0.4, -0.2) is 35.4 Å². The van der Waals surface area contributed by atoms with Gasteiger partial charge in [0.15, 0.2) is 0 Å². The van der Waals surface area contributed by atoms with Gasteiger partial charge in [0.2, 0.25) is 5.91 Å². The molecule has 4 heteroatoms. The van der Waals surface area contributed by atoms with Gasteiger partial charge in [0.25, 0.3) is 0 Å². The molecule has 18 heavy (non-hydrogen) atoms. The van der Waals surface area contributed by atoms with Crippen molar-refractivity contribution in [2.75, 3.05) is 19.6 Å². The SMILES string of the molecule is O=C1CNCCN1Cc1ccnc2ccccc12. The first-order chi connectivity index (χ1) is 8.84. The Balaban J connectivity index is 1.92. The first kappa shape index (κ1) is 11.2. The number of hydrogen-bond acceptors (Lipinski definition) is 3. The lowest BCUT2D eigenvalue weighted by atomic mass is 10.1. The molecule has 1 aromatic carbocycles.